The number of piperazine rings is 1. The minimum absolute atomic E-state index is 0.0251. The van der Waals surface area contributed by atoms with Gasteiger partial charge in [-0.1, -0.05) is 41.4 Å². The van der Waals surface area contributed by atoms with Crippen LogP contribution in [-0.4, -0.2) is 38.6 Å². The van der Waals surface area contributed by atoms with E-state index in [9.17, 15) is 4.79 Å². The zero-order valence-corrected chi connectivity index (χ0v) is 17.4. The van der Waals surface area contributed by atoms with Gasteiger partial charge in [0.1, 0.15) is 32.7 Å². The van der Waals surface area contributed by atoms with Gasteiger partial charge in [0.15, 0.2) is 6.54 Å². The summed E-state index contributed by atoms with van der Waals surface area (Å²) in [6.07, 6.45) is 0. The van der Waals surface area contributed by atoms with Crippen molar-refractivity contribution >= 4 is 34.8 Å². The maximum atomic E-state index is 12.5. The van der Waals surface area contributed by atoms with Crippen LogP contribution in [0, 0.1) is 13.8 Å². The number of halogens is 2. The smallest absolute Gasteiger partial charge is 0.279 e. The van der Waals surface area contributed by atoms with Crippen LogP contribution in [0.5, 0.6) is 0 Å². The Morgan fingerprint density at radius 1 is 1.04 bits per heavy atom. The molecule has 6 heteroatoms. The van der Waals surface area contributed by atoms with Gasteiger partial charge in [-0.3, -0.25) is 4.79 Å². The van der Waals surface area contributed by atoms with Crippen LogP contribution in [0.2, 0.25) is 10.0 Å². The van der Waals surface area contributed by atoms with Crippen molar-refractivity contribution < 1.29 is 14.6 Å². The summed E-state index contributed by atoms with van der Waals surface area (Å²) in [5.74, 6) is 0.0251. The first kappa shape index (κ1) is 20.2. The van der Waals surface area contributed by atoms with Crippen molar-refractivity contribution in [2.75, 3.05) is 38.0 Å². The molecule has 0 atom stereocenters. The predicted octanol–water partition coefficient (Wildman–Crippen LogP) is 1.53. The fourth-order valence-corrected chi connectivity index (χ4v) is 4.31. The summed E-state index contributed by atoms with van der Waals surface area (Å²) in [6.45, 7) is 9.53. The van der Waals surface area contributed by atoms with Gasteiger partial charge in [0.05, 0.1) is 10.7 Å². The van der Waals surface area contributed by atoms with Crippen molar-refractivity contribution in [1.29, 1.82) is 0 Å². The van der Waals surface area contributed by atoms with Crippen LogP contribution in [0.25, 0.3) is 0 Å². The molecule has 27 heavy (non-hydrogen) atoms. The molecule has 0 bridgehead atoms. The lowest BCUT2D eigenvalue weighted by atomic mass is 10.1. The first-order valence-electron chi connectivity index (χ1n) is 9.39. The molecule has 3 rings (SSSR count). The van der Waals surface area contributed by atoms with Crippen LogP contribution in [0.4, 0.5) is 5.69 Å². The van der Waals surface area contributed by atoms with Gasteiger partial charge in [-0.2, -0.15) is 0 Å². The average Bonchev–Trinajstić information content (AvgIpc) is 2.60. The number of anilines is 1. The number of rotatable bonds is 5. The van der Waals surface area contributed by atoms with Crippen molar-refractivity contribution in [2.24, 2.45) is 0 Å². The van der Waals surface area contributed by atoms with E-state index >= 15 is 0 Å². The van der Waals surface area contributed by atoms with Crippen molar-refractivity contribution in [1.82, 2.24) is 0 Å². The second-order valence-corrected chi connectivity index (χ2v) is 8.31. The Balaban J connectivity index is 1.48. The minimum Gasteiger partial charge on any atom is -0.322 e. The minimum atomic E-state index is 0.0251. The SMILES string of the molecule is Cc1cc(C)c(NC(=O)C[NH+]2CC[NH+](Cc3cccc(Cl)c3)CC2)c(Cl)c1. The summed E-state index contributed by atoms with van der Waals surface area (Å²) in [6, 6.07) is 12.0. The summed E-state index contributed by atoms with van der Waals surface area (Å²) in [4.78, 5) is 15.3. The number of amides is 1. The molecular weight excluding hydrogens is 381 g/mol. The fourth-order valence-electron chi connectivity index (χ4n) is 3.73. The zero-order chi connectivity index (χ0) is 19.4. The first-order valence-corrected chi connectivity index (χ1v) is 10.1. The quantitative estimate of drug-likeness (QED) is 0.690. The van der Waals surface area contributed by atoms with Gasteiger partial charge in [-0.15, -0.1) is 0 Å². The van der Waals surface area contributed by atoms with Crippen LogP contribution in [0.1, 0.15) is 16.7 Å². The number of carbonyl (C=O) groups is 1. The number of carbonyl (C=O) groups excluding carboxylic acids is 1. The molecule has 0 unspecified atom stereocenters. The number of quaternary nitrogens is 2. The Kier molecular flexibility index (Phi) is 6.77. The van der Waals surface area contributed by atoms with Crippen molar-refractivity contribution in [3.63, 3.8) is 0 Å². The molecule has 1 fully saturated rings. The molecule has 1 aliphatic heterocycles. The van der Waals surface area contributed by atoms with E-state index in [4.69, 9.17) is 23.2 Å². The largest absolute Gasteiger partial charge is 0.322 e. The monoisotopic (exact) mass is 407 g/mol. The highest BCUT2D eigenvalue weighted by Crippen LogP contribution is 2.27. The summed E-state index contributed by atoms with van der Waals surface area (Å²) in [7, 11) is 0. The van der Waals surface area contributed by atoms with Gasteiger partial charge in [0.2, 0.25) is 0 Å². The summed E-state index contributed by atoms with van der Waals surface area (Å²) < 4.78 is 0. The van der Waals surface area contributed by atoms with Gasteiger partial charge in [-0.05, 0) is 43.2 Å². The lowest BCUT2D eigenvalue weighted by Crippen LogP contribution is -3.28. The molecule has 1 saturated heterocycles. The molecule has 1 heterocycles. The van der Waals surface area contributed by atoms with Crippen LogP contribution in [0.3, 0.4) is 0 Å². The molecule has 0 aliphatic carbocycles. The molecule has 144 valence electrons. The predicted molar refractivity (Wildman–Crippen MR) is 111 cm³/mol. The normalized spacial score (nSPS) is 19.7. The van der Waals surface area contributed by atoms with E-state index < -0.39 is 0 Å². The Hall–Kier alpha value is -1.59. The number of benzene rings is 2. The van der Waals surface area contributed by atoms with Crippen molar-refractivity contribution in [3.05, 3.63) is 63.1 Å². The van der Waals surface area contributed by atoms with Crippen molar-refractivity contribution in [2.45, 2.75) is 20.4 Å². The lowest BCUT2D eigenvalue weighted by molar-refractivity contribution is -1.02. The zero-order valence-electron chi connectivity index (χ0n) is 15.9. The Bertz CT molecular complexity index is 794. The number of hydrogen-bond donors (Lipinski definition) is 3. The van der Waals surface area contributed by atoms with E-state index in [0.29, 0.717) is 11.6 Å². The second kappa shape index (κ2) is 9.07. The average molecular weight is 408 g/mol. The highest BCUT2D eigenvalue weighted by molar-refractivity contribution is 6.34. The third-order valence-electron chi connectivity index (χ3n) is 5.11. The van der Waals surface area contributed by atoms with Gasteiger partial charge < -0.3 is 15.1 Å². The maximum absolute atomic E-state index is 12.5. The van der Waals surface area contributed by atoms with E-state index in [-0.39, 0.29) is 5.91 Å². The molecule has 4 nitrogen and oxygen atoms in total. The molecule has 0 saturated carbocycles. The van der Waals surface area contributed by atoms with Gasteiger partial charge >= 0.3 is 0 Å². The standard InChI is InChI=1S/C21H25Cl2N3O/c1-15-10-16(2)21(19(23)11-15)24-20(27)14-26-8-6-25(7-9-26)13-17-4-3-5-18(22)12-17/h3-5,10-12H,6-9,13-14H2,1-2H3,(H,24,27)/p+2. The van der Waals surface area contributed by atoms with Gasteiger partial charge in [0.25, 0.3) is 5.91 Å². The molecule has 3 N–H and O–H groups in total. The van der Waals surface area contributed by atoms with E-state index in [1.807, 2.05) is 44.2 Å². The van der Waals surface area contributed by atoms with Gasteiger partial charge in [0, 0.05) is 10.6 Å². The summed E-state index contributed by atoms with van der Waals surface area (Å²) >= 11 is 12.4. The Labute approximate surface area is 171 Å². The first-order chi connectivity index (χ1) is 12.9. The molecule has 2 aromatic carbocycles. The molecule has 0 radical (unpaired) electrons. The van der Waals surface area contributed by atoms with E-state index in [2.05, 4.69) is 11.4 Å². The number of hydrogen-bond acceptors (Lipinski definition) is 1. The fraction of sp³-hybridized carbons (Fsp3) is 0.381. The highest BCUT2D eigenvalue weighted by atomic mass is 35.5. The molecule has 0 spiro atoms. The number of aryl methyl sites for hydroxylation is 2. The van der Waals surface area contributed by atoms with E-state index in [1.165, 1.54) is 10.5 Å². The molecular formula is C21H27Cl2N3O+2. The van der Waals surface area contributed by atoms with E-state index in [1.54, 1.807) is 4.90 Å². The Morgan fingerprint density at radius 3 is 2.41 bits per heavy atom. The summed E-state index contributed by atoms with van der Waals surface area (Å²) in [5.41, 5.74) is 4.10. The van der Waals surface area contributed by atoms with Crippen LogP contribution >= 0.6 is 23.2 Å². The van der Waals surface area contributed by atoms with E-state index in [0.717, 1.165) is 54.6 Å². The third-order valence-corrected chi connectivity index (χ3v) is 5.65. The van der Waals surface area contributed by atoms with Crippen LogP contribution in [-0.2, 0) is 11.3 Å². The molecule has 0 aromatic heterocycles. The van der Waals surface area contributed by atoms with Crippen LogP contribution in [0.15, 0.2) is 36.4 Å². The maximum Gasteiger partial charge on any atom is 0.279 e. The topological polar surface area (TPSA) is 38.0 Å². The lowest BCUT2D eigenvalue weighted by Gasteiger charge is -2.29. The third kappa shape index (κ3) is 5.69. The highest BCUT2D eigenvalue weighted by Gasteiger charge is 2.25. The molecule has 1 amide bonds. The molecule has 2 aromatic rings. The van der Waals surface area contributed by atoms with Crippen LogP contribution < -0.4 is 15.1 Å². The molecule has 1 aliphatic rings. The van der Waals surface area contributed by atoms with Crippen molar-refractivity contribution in [3.8, 4) is 0 Å². The van der Waals surface area contributed by atoms with Gasteiger partial charge in [-0.25, -0.2) is 0 Å². The second-order valence-electron chi connectivity index (χ2n) is 7.47. The number of nitrogens with one attached hydrogen (secondary N) is 3. The summed E-state index contributed by atoms with van der Waals surface area (Å²) in [5, 5.41) is 4.39. The Morgan fingerprint density at radius 2 is 1.74 bits per heavy atom.